The Morgan fingerprint density at radius 1 is 1.11 bits per heavy atom. The van der Waals surface area contributed by atoms with Gasteiger partial charge in [0.05, 0.1) is 12.8 Å². The highest BCUT2D eigenvalue weighted by molar-refractivity contribution is 6.31. The normalized spacial score (nSPS) is 15.1. The molecule has 0 saturated heterocycles. The molecule has 0 amide bonds. The first-order chi connectivity index (χ1) is 17.2. The molecule has 8 nitrogen and oxygen atoms in total. The summed E-state index contributed by atoms with van der Waals surface area (Å²) >= 11 is 6.23. The lowest BCUT2D eigenvalue weighted by molar-refractivity contribution is 0.242. The van der Waals surface area contributed by atoms with Crippen LogP contribution in [0.5, 0.6) is 5.75 Å². The first-order valence-corrected chi connectivity index (χ1v) is 12.1. The first kappa shape index (κ1) is 21.9. The van der Waals surface area contributed by atoms with E-state index in [0.29, 0.717) is 0 Å². The maximum atomic E-state index is 6.23. The maximum absolute atomic E-state index is 6.23. The summed E-state index contributed by atoms with van der Waals surface area (Å²) in [7, 11) is 1.68. The Labute approximate surface area is 207 Å². The molecular weight excluding hydrogens is 462 g/mol. The summed E-state index contributed by atoms with van der Waals surface area (Å²) in [6.07, 6.45) is 4.78. The van der Waals surface area contributed by atoms with Crippen molar-refractivity contribution in [3.63, 3.8) is 0 Å². The van der Waals surface area contributed by atoms with E-state index in [-0.39, 0.29) is 0 Å². The number of methoxy groups -OCH3 is 1. The van der Waals surface area contributed by atoms with Crippen LogP contribution >= 0.6 is 11.6 Å². The lowest BCUT2D eigenvalue weighted by Gasteiger charge is -2.25. The third-order valence-electron chi connectivity index (χ3n) is 6.70. The highest BCUT2D eigenvalue weighted by Crippen LogP contribution is 2.23. The molecule has 2 aromatic heterocycles. The second-order valence-electron chi connectivity index (χ2n) is 8.93. The molecule has 0 saturated carbocycles. The van der Waals surface area contributed by atoms with Crippen LogP contribution < -0.4 is 26.0 Å². The van der Waals surface area contributed by atoms with Gasteiger partial charge in [0.2, 0.25) is 0 Å². The number of hydrazine groups is 1. The van der Waals surface area contributed by atoms with E-state index in [4.69, 9.17) is 16.3 Å². The van der Waals surface area contributed by atoms with Crippen molar-refractivity contribution >= 4 is 33.9 Å². The van der Waals surface area contributed by atoms with E-state index >= 15 is 0 Å². The van der Waals surface area contributed by atoms with Crippen molar-refractivity contribution in [2.45, 2.75) is 25.8 Å². The smallest absolute Gasteiger partial charge is 0.142 e. The molecule has 2 aromatic carbocycles. The largest absolute Gasteiger partial charge is 0.497 e. The predicted octanol–water partition coefficient (Wildman–Crippen LogP) is 2.03. The molecule has 4 aromatic rings. The van der Waals surface area contributed by atoms with Gasteiger partial charge in [-0.2, -0.15) is 0 Å². The molecule has 9 heteroatoms. The fourth-order valence-corrected chi connectivity index (χ4v) is 5.13. The van der Waals surface area contributed by atoms with Gasteiger partial charge in [-0.05, 0) is 71.5 Å². The molecule has 1 aliphatic carbocycles. The third-order valence-corrected chi connectivity index (χ3v) is 6.93. The van der Waals surface area contributed by atoms with Gasteiger partial charge in [-0.1, -0.05) is 23.7 Å². The maximum Gasteiger partial charge on any atom is 0.142 e. The highest BCUT2D eigenvalue weighted by atomic mass is 35.5. The lowest BCUT2D eigenvalue weighted by atomic mass is 10.1. The summed E-state index contributed by atoms with van der Waals surface area (Å²) in [6, 6.07) is 14.1. The van der Waals surface area contributed by atoms with Crippen molar-refractivity contribution in [3.05, 3.63) is 81.1 Å². The van der Waals surface area contributed by atoms with Crippen LogP contribution in [0.25, 0.3) is 22.3 Å². The Balaban J connectivity index is 1.27. The number of hydrogen-bond donors (Lipinski definition) is 3. The van der Waals surface area contributed by atoms with E-state index in [0.717, 1.165) is 82.7 Å². The van der Waals surface area contributed by atoms with Gasteiger partial charge < -0.3 is 20.5 Å². The number of nitrogens with one attached hydrogen (secondary N) is 3. The van der Waals surface area contributed by atoms with Crippen LogP contribution in [0.15, 0.2) is 48.7 Å². The van der Waals surface area contributed by atoms with Crippen molar-refractivity contribution in [1.82, 2.24) is 36.1 Å². The fourth-order valence-electron chi connectivity index (χ4n) is 4.96. The molecule has 0 fully saturated rings. The summed E-state index contributed by atoms with van der Waals surface area (Å²) in [5.41, 5.74) is 9.48. The second kappa shape index (κ2) is 9.20. The number of hydrogen-bond acceptors (Lipinski definition) is 7. The Kier molecular flexibility index (Phi) is 5.75. The van der Waals surface area contributed by atoms with Gasteiger partial charge in [-0.25, -0.2) is 5.01 Å². The fraction of sp³-hybridized carbons (Fsp3) is 0.269. The van der Waals surface area contributed by atoms with Gasteiger partial charge in [0, 0.05) is 47.0 Å². The number of aryl methyl sites for hydroxylation is 1. The summed E-state index contributed by atoms with van der Waals surface area (Å²) in [5, 5.41) is 22.5. The minimum absolute atomic E-state index is 0.728. The zero-order chi connectivity index (χ0) is 23.8. The number of rotatable bonds is 7. The number of fused-ring (bicyclic) bond motifs is 1. The standard InChI is InChI=1S/C26H26ClN7O/c1-35-20-6-2-16(3-7-20)14-34-15-18-4-8-23-24(18)25(31-33-30-23)26(32-34)28-11-10-17-13-29-22-9-5-19(27)12-21(17)22/h2-3,5-7,9,12-13,28-29,32H,4,8,10-11,14-15H2,1H3. The summed E-state index contributed by atoms with van der Waals surface area (Å²) in [4.78, 5) is 3.33. The minimum Gasteiger partial charge on any atom is -0.497 e. The van der Waals surface area contributed by atoms with Crippen LogP contribution in [0, 0.1) is 0 Å². The number of H-pyrrole nitrogens is 1. The molecule has 0 unspecified atom stereocenters. The van der Waals surface area contributed by atoms with Crippen molar-refractivity contribution in [2.24, 2.45) is 0 Å². The Hall–Kier alpha value is -3.62. The zero-order valence-electron chi connectivity index (χ0n) is 19.4. The molecule has 3 N–H and O–H groups in total. The molecule has 1 aliphatic heterocycles. The van der Waals surface area contributed by atoms with Crippen LogP contribution in [0.4, 0.5) is 0 Å². The van der Waals surface area contributed by atoms with Crippen molar-refractivity contribution in [1.29, 1.82) is 0 Å². The van der Waals surface area contributed by atoms with Crippen LogP contribution in [-0.4, -0.2) is 45.6 Å². The van der Waals surface area contributed by atoms with Crippen molar-refractivity contribution in [3.8, 4) is 5.75 Å². The topological polar surface area (TPSA) is 91.0 Å². The molecule has 2 aliphatic rings. The molecular formula is C26H26ClN7O. The van der Waals surface area contributed by atoms with Gasteiger partial charge >= 0.3 is 0 Å². The van der Waals surface area contributed by atoms with E-state index in [1.807, 2.05) is 30.3 Å². The molecule has 0 atom stereocenters. The van der Waals surface area contributed by atoms with Crippen LogP contribution in [0.1, 0.15) is 23.2 Å². The van der Waals surface area contributed by atoms with E-state index in [2.05, 4.69) is 54.5 Å². The summed E-state index contributed by atoms with van der Waals surface area (Å²) in [5.74, 6) is 1.72. The van der Waals surface area contributed by atoms with E-state index in [1.165, 1.54) is 16.7 Å². The number of aromatic nitrogens is 4. The van der Waals surface area contributed by atoms with Gasteiger partial charge in [-0.3, -0.25) is 0 Å². The molecule has 0 radical (unpaired) electrons. The molecule has 35 heavy (non-hydrogen) atoms. The number of halogens is 1. The molecule has 6 rings (SSSR count). The third kappa shape index (κ3) is 4.31. The Morgan fingerprint density at radius 3 is 2.86 bits per heavy atom. The summed E-state index contributed by atoms with van der Waals surface area (Å²) < 4.78 is 5.31. The van der Waals surface area contributed by atoms with Gasteiger partial charge in [0.25, 0.3) is 0 Å². The number of nitrogens with zero attached hydrogens (tertiary/aromatic N) is 4. The van der Waals surface area contributed by atoms with Crippen molar-refractivity contribution in [2.75, 3.05) is 20.2 Å². The Morgan fingerprint density at radius 2 is 2.00 bits per heavy atom. The molecule has 178 valence electrons. The average molecular weight is 488 g/mol. The van der Waals surface area contributed by atoms with Crippen LogP contribution in [-0.2, 0) is 19.4 Å². The van der Waals surface area contributed by atoms with Gasteiger partial charge in [-0.15, -0.1) is 10.2 Å². The number of benzene rings is 2. The minimum atomic E-state index is 0.728. The lowest BCUT2D eigenvalue weighted by Crippen LogP contribution is -2.45. The highest BCUT2D eigenvalue weighted by Gasteiger charge is 2.23. The van der Waals surface area contributed by atoms with E-state index < -0.39 is 0 Å². The van der Waals surface area contributed by atoms with Crippen molar-refractivity contribution < 1.29 is 4.74 Å². The summed E-state index contributed by atoms with van der Waals surface area (Å²) in [6.45, 7) is 2.27. The van der Waals surface area contributed by atoms with Gasteiger partial charge in [0.15, 0.2) is 0 Å². The first-order valence-electron chi connectivity index (χ1n) is 11.8. The monoisotopic (exact) mass is 487 g/mol. The SMILES string of the molecule is COc1ccc(CN2CC3=c4c(nnnc4=C(NCCc4c[nH]c5ccc(Cl)cc45)N2)CC3)cc1. The molecule has 0 spiro atoms. The second-order valence-corrected chi connectivity index (χ2v) is 9.37. The van der Waals surface area contributed by atoms with Crippen LogP contribution in [0.3, 0.4) is 0 Å². The number of aromatic amines is 1. The Bertz CT molecular complexity index is 1510. The van der Waals surface area contributed by atoms with Crippen LogP contribution in [0.2, 0.25) is 5.02 Å². The predicted molar refractivity (Wildman–Crippen MR) is 136 cm³/mol. The molecule has 3 heterocycles. The quantitative estimate of drug-likeness (QED) is 0.367. The van der Waals surface area contributed by atoms with E-state index in [9.17, 15) is 0 Å². The molecule has 0 bridgehead atoms. The zero-order valence-corrected chi connectivity index (χ0v) is 20.2. The van der Waals surface area contributed by atoms with E-state index in [1.54, 1.807) is 7.11 Å². The average Bonchev–Trinajstić information content (AvgIpc) is 3.43. The van der Waals surface area contributed by atoms with Gasteiger partial charge in [0.1, 0.15) is 16.9 Å². The number of ether oxygens (including phenoxy) is 1.